The maximum absolute atomic E-state index is 13.6. The van der Waals surface area contributed by atoms with E-state index >= 15 is 0 Å². The molecule has 3 unspecified atom stereocenters. The number of ether oxygens (including phenoxy) is 2. The van der Waals surface area contributed by atoms with Crippen LogP contribution in [0.25, 0.3) is 10.9 Å². The van der Waals surface area contributed by atoms with E-state index in [1.807, 2.05) is 0 Å². The van der Waals surface area contributed by atoms with Crippen LogP contribution in [0.15, 0.2) is 36.5 Å². The number of carbonyl (C=O) groups is 1. The summed E-state index contributed by atoms with van der Waals surface area (Å²) in [6, 6.07) is 6.86. The first kappa shape index (κ1) is 20.4. The van der Waals surface area contributed by atoms with Crippen LogP contribution in [0.4, 0.5) is 19.0 Å². The Morgan fingerprint density at radius 2 is 1.97 bits per heavy atom. The molecule has 0 aliphatic carbocycles. The number of halogens is 3. The summed E-state index contributed by atoms with van der Waals surface area (Å²) in [5, 5.41) is 0.812. The van der Waals surface area contributed by atoms with Crippen molar-refractivity contribution < 1.29 is 27.4 Å². The number of alkyl halides is 3. The molecule has 2 fully saturated rings. The fourth-order valence-electron chi connectivity index (χ4n) is 5.08. The van der Waals surface area contributed by atoms with E-state index in [1.165, 1.54) is 6.07 Å². The van der Waals surface area contributed by atoms with Crippen molar-refractivity contribution in [3.63, 3.8) is 0 Å². The molecule has 3 aliphatic rings. The molecule has 1 aromatic carbocycles. The Morgan fingerprint density at radius 3 is 2.73 bits per heavy atom. The van der Waals surface area contributed by atoms with E-state index in [1.54, 1.807) is 23.1 Å². The fourth-order valence-corrected chi connectivity index (χ4v) is 5.08. The zero-order valence-corrected chi connectivity index (χ0v) is 17.3. The number of likely N-dealkylation sites (tertiary alicyclic amines) is 1. The van der Waals surface area contributed by atoms with Gasteiger partial charge >= 0.3 is 6.18 Å². The van der Waals surface area contributed by atoms with Gasteiger partial charge in [0, 0.05) is 22.7 Å². The Morgan fingerprint density at radius 1 is 1.15 bits per heavy atom. The molecule has 6 rings (SSSR count). The number of aromatic nitrogens is 2. The summed E-state index contributed by atoms with van der Waals surface area (Å²) in [5.74, 6) is 0.209. The van der Waals surface area contributed by atoms with Crippen molar-refractivity contribution in [2.75, 3.05) is 12.3 Å². The minimum absolute atomic E-state index is 0.161. The molecular weight excluding hydrogens is 437 g/mol. The summed E-state index contributed by atoms with van der Waals surface area (Å²) < 4.78 is 50.2. The Labute approximate surface area is 186 Å². The van der Waals surface area contributed by atoms with E-state index in [0.29, 0.717) is 48.8 Å². The summed E-state index contributed by atoms with van der Waals surface area (Å²) in [7, 11) is 0. The van der Waals surface area contributed by atoms with Gasteiger partial charge in [-0.1, -0.05) is 0 Å². The molecule has 2 N–H and O–H groups in total. The smallest absolute Gasteiger partial charge is 0.383 e. The molecule has 0 radical (unpaired) electrons. The normalized spacial score (nSPS) is 24.0. The number of nitrogens with zero attached hydrogens (tertiary/aromatic N) is 3. The van der Waals surface area contributed by atoms with Crippen molar-refractivity contribution >= 4 is 22.6 Å². The second-order valence-electron chi connectivity index (χ2n) is 8.57. The second-order valence-corrected chi connectivity index (χ2v) is 8.57. The van der Waals surface area contributed by atoms with Gasteiger partial charge in [0.25, 0.3) is 5.91 Å². The Bertz CT molecular complexity index is 1280. The molecule has 10 heteroatoms. The van der Waals surface area contributed by atoms with Crippen LogP contribution in [-0.2, 0) is 28.9 Å². The lowest BCUT2D eigenvalue weighted by Gasteiger charge is -2.35. The summed E-state index contributed by atoms with van der Waals surface area (Å²) >= 11 is 0. The van der Waals surface area contributed by atoms with E-state index in [2.05, 4.69) is 9.97 Å². The van der Waals surface area contributed by atoms with Crippen molar-refractivity contribution in [2.24, 2.45) is 0 Å². The highest BCUT2D eigenvalue weighted by Gasteiger charge is 2.51. The van der Waals surface area contributed by atoms with Crippen molar-refractivity contribution in [1.29, 1.82) is 0 Å². The number of amides is 1. The third-order valence-electron chi connectivity index (χ3n) is 6.68. The number of hydrogen-bond acceptors (Lipinski definition) is 6. The Hall–Kier alpha value is -3.24. The molecule has 2 aromatic heterocycles. The van der Waals surface area contributed by atoms with Crippen molar-refractivity contribution in [1.82, 2.24) is 14.9 Å². The Kier molecular flexibility index (Phi) is 4.40. The fraction of sp³-hybridized carbons (Fsp3) is 0.348. The van der Waals surface area contributed by atoms with Crippen LogP contribution in [-0.4, -0.2) is 39.5 Å². The predicted octanol–water partition coefficient (Wildman–Crippen LogP) is 3.62. The molecule has 170 valence electrons. The molecule has 7 nitrogen and oxygen atoms in total. The molecule has 3 aliphatic heterocycles. The number of carbonyl (C=O) groups excluding carboxylic acids is 1. The molecular formula is C23H19F3N4O3. The van der Waals surface area contributed by atoms with Crippen molar-refractivity contribution in [2.45, 2.75) is 44.0 Å². The van der Waals surface area contributed by atoms with Gasteiger partial charge in [0.1, 0.15) is 11.9 Å². The van der Waals surface area contributed by atoms with Crippen molar-refractivity contribution in [3.05, 3.63) is 64.5 Å². The average molecular weight is 456 g/mol. The van der Waals surface area contributed by atoms with Crippen molar-refractivity contribution in [3.8, 4) is 0 Å². The zero-order valence-electron chi connectivity index (χ0n) is 17.3. The van der Waals surface area contributed by atoms with Crippen LogP contribution >= 0.6 is 0 Å². The number of anilines is 1. The molecule has 0 spiro atoms. The lowest BCUT2D eigenvalue weighted by Crippen LogP contribution is -2.44. The summed E-state index contributed by atoms with van der Waals surface area (Å²) in [6.45, 7) is 1.18. The van der Waals surface area contributed by atoms with Gasteiger partial charge in [-0.15, -0.1) is 0 Å². The SMILES string of the molecule is Nc1nc2ccc(C(=O)N3C4COC(C4)C3c3ccc(C(F)(F)F)cn3)cc2c2c1COC2. The zero-order chi connectivity index (χ0) is 22.9. The van der Waals surface area contributed by atoms with E-state index in [9.17, 15) is 18.0 Å². The maximum Gasteiger partial charge on any atom is 0.417 e. The number of nitrogen functional groups attached to an aromatic ring is 1. The van der Waals surface area contributed by atoms with Crippen LogP contribution < -0.4 is 5.73 Å². The van der Waals surface area contributed by atoms with Gasteiger partial charge in [-0.05, 0) is 42.3 Å². The van der Waals surface area contributed by atoms with E-state index in [-0.39, 0.29) is 18.1 Å². The molecule has 3 aromatic rings. The monoisotopic (exact) mass is 456 g/mol. The number of pyridine rings is 2. The molecule has 0 saturated carbocycles. The number of benzene rings is 1. The molecule has 3 atom stereocenters. The summed E-state index contributed by atoms with van der Waals surface area (Å²) in [4.78, 5) is 23.8. The van der Waals surface area contributed by atoms with Crippen LogP contribution in [0.2, 0.25) is 0 Å². The first-order valence-corrected chi connectivity index (χ1v) is 10.6. The van der Waals surface area contributed by atoms with Crippen LogP contribution in [0.1, 0.15) is 45.2 Å². The first-order valence-electron chi connectivity index (χ1n) is 10.6. The molecule has 5 heterocycles. The number of morpholine rings is 1. The highest BCUT2D eigenvalue weighted by molar-refractivity contribution is 5.99. The molecule has 1 amide bonds. The maximum atomic E-state index is 13.6. The Balaban J connectivity index is 1.37. The van der Waals surface area contributed by atoms with Gasteiger partial charge in [-0.2, -0.15) is 13.2 Å². The van der Waals surface area contributed by atoms with E-state index in [4.69, 9.17) is 15.2 Å². The highest BCUT2D eigenvalue weighted by atomic mass is 19.4. The minimum atomic E-state index is -4.47. The quantitative estimate of drug-likeness (QED) is 0.634. The van der Waals surface area contributed by atoms with Gasteiger partial charge in [0.2, 0.25) is 0 Å². The second kappa shape index (κ2) is 7.13. The third kappa shape index (κ3) is 3.16. The third-order valence-corrected chi connectivity index (χ3v) is 6.68. The number of fused-ring (bicyclic) bond motifs is 5. The number of rotatable bonds is 2. The van der Waals surface area contributed by atoms with E-state index in [0.717, 1.165) is 28.8 Å². The van der Waals surface area contributed by atoms with Gasteiger partial charge < -0.3 is 20.1 Å². The number of hydrogen-bond donors (Lipinski definition) is 1. The largest absolute Gasteiger partial charge is 0.417 e. The number of nitrogens with two attached hydrogens (primary N) is 1. The minimum Gasteiger partial charge on any atom is -0.383 e. The molecule has 33 heavy (non-hydrogen) atoms. The molecule has 2 bridgehead atoms. The van der Waals surface area contributed by atoms with Crippen LogP contribution in [0, 0.1) is 0 Å². The summed E-state index contributed by atoms with van der Waals surface area (Å²) in [5.41, 5.74) is 8.51. The van der Waals surface area contributed by atoms with E-state index < -0.39 is 17.8 Å². The molecule has 2 saturated heterocycles. The summed E-state index contributed by atoms with van der Waals surface area (Å²) in [6.07, 6.45) is -3.35. The van der Waals surface area contributed by atoms with Crippen LogP contribution in [0.3, 0.4) is 0 Å². The predicted molar refractivity (Wildman–Crippen MR) is 111 cm³/mol. The van der Waals surface area contributed by atoms with Gasteiger partial charge in [0.15, 0.2) is 0 Å². The lowest BCUT2D eigenvalue weighted by atomic mass is 10.0. The van der Waals surface area contributed by atoms with Gasteiger partial charge in [-0.3, -0.25) is 9.78 Å². The van der Waals surface area contributed by atoms with Gasteiger partial charge in [0.05, 0.1) is 48.7 Å². The van der Waals surface area contributed by atoms with Gasteiger partial charge in [-0.25, -0.2) is 4.98 Å². The first-order chi connectivity index (χ1) is 15.8. The standard InChI is InChI=1S/C23H19F3N4O3/c24-23(25,26)12-2-4-18(28-7-12)20-19-6-13(8-33-19)30(20)22(31)11-1-3-17-14(5-11)15-9-32-10-16(15)21(27)29-17/h1-5,7,13,19-20H,6,8-10H2,(H2,27,29). The lowest BCUT2D eigenvalue weighted by molar-refractivity contribution is -0.137. The highest BCUT2D eigenvalue weighted by Crippen LogP contribution is 2.44. The topological polar surface area (TPSA) is 90.6 Å². The van der Waals surface area contributed by atoms with Crippen LogP contribution in [0.5, 0.6) is 0 Å². The average Bonchev–Trinajstić information content (AvgIpc) is 3.54.